The van der Waals surface area contributed by atoms with E-state index in [1.807, 2.05) is 24.5 Å². The molecule has 0 unspecified atom stereocenters. The second-order valence-electron chi connectivity index (χ2n) is 4.66. The highest BCUT2D eigenvalue weighted by atomic mass is 32.2. The summed E-state index contributed by atoms with van der Waals surface area (Å²) < 4.78 is 24.2. The number of hydrogen-bond donors (Lipinski definition) is 1. The van der Waals surface area contributed by atoms with Gasteiger partial charge in [0.15, 0.2) is 9.84 Å². The maximum Gasteiger partial charge on any atom is 0.225 e. The summed E-state index contributed by atoms with van der Waals surface area (Å²) in [4.78, 5) is 13.2. The van der Waals surface area contributed by atoms with Crippen LogP contribution in [-0.4, -0.2) is 26.3 Å². The first-order valence-electron chi connectivity index (χ1n) is 6.73. The molecule has 0 aliphatic carbocycles. The van der Waals surface area contributed by atoms with Gasteiger partial charge in [-0.1, -0.05) is 24.3 Å². The lowest BCUT2D eigenvalue weighted by molar-refractivity contribution is -0.115. The largest absolute Gasteiger partial charge is 0.326 e. The smallest absolute Gasteiger partial charge is 0.225 e. The van der Waals surface area contributed by atoms with Crippen LogP contribution in [0.4, 0.5) is 5.69 Å². The van der Waals surface area contributed by atoms with Gasteiger partial charge in [-0.15, -0.1) is 11.8 Å². The molecule has 2 rings (SSSR count). The number of thioether (sulfide) groups is 1. The van der Waals surface area contributed by atoms with Gasteiger partial charge in [-0.05, 0) is 36.6 Å². The number of amides is 1. The summed E-state index contributed by atoms with van der Waals surface area (Å²) >= 11 is 1.58. The Balaban J connectivity index is 1.95. The Morgan fingerprint density at radius 3 is 2.50 bits per heavy atom. The van der Waals surface area contributed by atoms with Crippen molar-refractivity contribution < 1.29 is 13.2 Å². The topological polar surface area (TPSA) is 63.2 Å². The van der Waals surface area contributed by atoms with Crippen LogP contribution < -0.4 is 5.32 Å². The molecule has 0 aliphatic rings. The number of rotatable bonds is 6. The highest BCUT2D eigenvalue weighted by Gasteiger charge is 2.16. The summed E-state index contributed by atoms with van der Waals surface area (Å²) in [5, 5.41) is 2.72. The van der Waals surface area contributed by atoms with E-state index in [-0.39, 0.29) is 23.0 Å². The lowest BCUT2D eigenvalue weighted by Gasteiger charge is -2.07. The van der Waals surface area contributed by atoms with E-state index in [1.165, 1.54) is 12.1 Å². The molecule has 0 fully saturated rings. The van der Waals surface area contributed by atoms with Crippen molar-refractivity contribution in [3.05, 3.63) is 54.6 Å². The average Bonchev–Trinajstić information content (AvgIpc) is 2.54. The van der Waals surface area contributed by atoms with Gasteiger partial charge >= 0.3 is 0 Å². The number of carbonyl (C=O) groups is 1. The Labute approximate surface area is 134 Å². The number of nitrogens with one attached hydrogen (secondary N) is 1. The molecule has 6 heteroatoms. The normalized spacial score (nSPS) is 11.1. The van der Waals surface area contributed by atoms with Crippen LogP contribution in [0.15, 0.2) is 64.4 Å². The molecule has 0 bridgehead atoms. The van der Waals surface area contributed by atoms with Crippen molar-refractivity contribution >= 4 is 33.2 Å². The van der Waals surface area contributed by atoms with Crippen LogP contribution in [0.2, 0.25) is 0 Å². The van der Waals surface area contributed by atoms with Crippen molar-refractivity contribution in [2.24, 2.45) is 0 Å². The minimum atomic E-state index is -3.43. The minimum absolute atomic E-state index is 0.0687. The van der Waals surface area contributed by atoms with Crippen molar-refractivity contribution in [1.29, 1.82) is 0 Å². The Kier molecular flexibility index (Phi) is 5.63. The fraction of sp³-hybridized carbons (Fsp3) is 0.188. The maximum atomic E-state index is 12.1. The van der Waals surface area contributed by atoms with E-state index < -0.39 is 9.84 Å². The molecule has 0 aromatic heterocycles. The van der Waals surface area contributed by atoms with Gasteiger partial charge in [-0.25, -0.2) is 8.42 Å². The molecule has 4 nitrogen and oxygen atoms in total. The zero-order chi connectivity index (χ0) is 16.0. The molecule has 0 saturated heterocycles. The lowest BCUT2D eigenvalue weighted by Crippen LogP contribution is -2.17. The standard InChI is InChI=1S/C16H17NO3S2/c1-21-14-7-5-6-13(12-14)17-16(18)10-11-22(19,20)15-8-3-2-4-9-15/h2-9,12H,10-11H2,1H3,(H,17,18). The van der Waals surface area contributed by atoms with Gasteiger partial charge in [0.2, 0.25) is 5.91 Å². The van der Waals surface area contributed by atoms with Gasteiger partial charge in [0.1, 0.15) is 0 Å². The van der Waals surface area contributed by atoms with Crippen LogP contribution >= 0.6 is 11.8 Å². The zero-order valence-electron chi connectivity index (χ0n) is 12.2. The maximum absolute atomic E-state index is 12.1. The Hall–Kier alpha value is -1.79. The lowest BCUT2D eigenvalue weighted by atomic mass is 10.3. The van der Waals surface area contributed by atoms with Gasteiger partial charge in [0.05, 0.1) is 10.6 Å². The first-order chi connectivity index (χ1) is 10.5. The summed E-state index contributed by atoms with van der Waals surface area (Å²) in [7, 11) is -3.43. The monoisotopic (exact) mass is 335 g/mol. The van der Waals surface area contributed by atoms with Crippen LogP contribution in [0.3, 0.4) is 0 Å². The molecular weight excluding hydrogens is 318 g/mol. The van der Waals surface area contributed by atoms with Gasteiger partial charge in [0.25, 0.3) is 0 Å². The van der Waals surface area contributed by atoms with E-state index in [0.29, 0.717) is 5.69 Å². The Bertz CT molecular complexity index is 743. The van der Waals surface area contributed by atoms with Crippen molar-refractivity contribution in [3.63, 3.8) is 0 Å². The van der Waals surface area contributed by atoms with Crippen molar-refractivity contribution in [3.8, 4) is 0 Å². The number of anilines is 1. The second kappa shape index (κ2) is 7.47. The average molecular weight is 335 g/mol. The second-order valence-corrected chi connectivity index (χ2v) is 7.65. The molecule has 0 atom stereocenters. The molecule has 1 amide bonds. The van der Waals surface area contributed by atoms with Crippen molar-refractivity contribution in [1.82, 2.24) is 0 Å². The first-order valence-corrected chi connectivity index (χ1v) is 9.61. The van der Waals surface area contributed by atoms with E-state index in [1.54, 1.807) is 36.0 Å². The van der Waals surface area contributed by atoms with E-state index in [9.17, 15) is 13.2 Å². The highest BCUT2D eigenvalue weighted by Crippen LogP contribution is 2.19. The van der Waals surface area contributed by atoms with Crippen LogP contribution in [0, 0.1) is 0 Å². The van der Waals surface area contributed by atoms with Crippen LogP contribution in [0.1, 0.15) is 6.42 Å². The molecule has 0 aliphatic heterocycles. The van der Waals surface area contributed by atoms with Gasteiger partial charge in [0, 0.05) is 17.0 Å². The fourth-order valence-corrected chi connectivity index (χ4v) is 3.62. The molecule has 2 aromatic rings. The van der Waals surface area contributed by atoms with Crippen molar-refractivity contribution in [2.45, 2.75) is 16.2 Å². The third-order valence-electron chi connectivity index (χ3n) is 3.05. The molecule has 22 heavy (non-hydrogen) atoms. The molecule has 116 valence electrons. The van der Waals surface area contributed by atoms with Gasteiger partial charge in [-0.3, -0.25) is 4.79 Å². The highest BCUT2D eigenvalue weighted by molar-refractivity contribution is 7.98. The van der Waals surface area contributed by atoms with Crippen LogP contribution in [-0.2, 0) is 14.6 Å². The first kappa shape index (κ1) is 16.6. The summed E-state index contributed by atoms with van der Waals surface area (Å²) in [6, 6.07) is 15.6. The molecule has 2 aromatic carbocycles. The number of hydrogen-bond acceptors (Lipinski definition) is 4. The summed E-state index contributed by atoms with van der Waals surface area (Å²) in [5.41, 5.74) is 0.675. The van der Waals surface area contributed by atoms with Crippen molar-refractivity contribution in [2.75, 3.05) is 17.3 Å². The van der Waals surface area contributed by atoms with Gasteiger partial charge < -0.3 is 5.32 Å². The Morgan fingerprint density at radius 1 is 1.09 bits per heavy atom. The summed E-state index contributed by atoms with van der Waals surface area (Å²) in [6.45, 7) is 0. The molecule has 0 saturated carbocycles. The number of benzene rings is 2. The molecular formula is C16H17NO3S2. The molecule has 0 radical (unpaired) electrons. The predicted molar refractivity (Wildman–Crippen MR) is 90.0 cm³/mol. The zero-order valence-corrected chi connectivity index (χ0v) is 13.8. The third-order valence-corrected chi connectivity index (χ3v) is 5.51. The number of carbonyl (C=O) groups excluding carboxylic acids is 1. The van der Waals surface area contributed by atoms with Crippen LogP contribution in [0.5, 0.6) is 0 Å². The molecule has 0 heterocycles. The Morgan fingerprint density at radius 2 is 1.82 bits per heavy atom. The molecule has 1 N–H and O–H groups in total. The van der Waals surface area contributed by atoms with E-state index in [4.69, 9.17) is 0 Å². The van der Waals surface area contributed by atoms with E-state index in [2.05, 4.69) is 5.32 Å². The summed E-state index contributed by atoms with van der Waals surface area (Å²) in [6.07, 6.45) is 1.88. The third kappa shape index (κ3) is 4.61. The number of sulfone groups is 1. The SMILES string of the molecule is CSc1cccc(NC(=O)CCS(=O)(=O)c2ccccc2)c1. The minimum Gasteiger partial charge on any atom is -0.326 e. The molecule has 0 spiro atoms. The van der Waals surface area contributed by atoms with Gasteiger partial charge in [-0.2, -0.15) is 0 Å². The van der Waals surface area contributed by atoms with E-state index in [0.717, 1.165) is 4.90 Å². The van der Waals surface area contributed by atoms with Crippen LogP contribution in [0.25, 0.3) is 0 Å². The predicted octanol–water partition coefficient (Wildman–Crippen LogP) is 3.21. The quantitative estimate of drug-likeness (QED) is 0.823. The van der Waals surface area contributed by atoms with E-state index >= 15 is 0 Å². The fourth-order valence-electron chi connectivity index (χ4n) is 1.90. The summed E-state index contributed by atoms with van der Waals surface area (Å²) in [5.74, 6) is -0.511.